The van der Waals surface area contributed by atoms with Crippen molar-refractivity contribution in [2.24, 2.45) is 5.92 Å². The molecule has 0 aliphatic carbocycles. The number of hydrogen-bond acceptors (Lipinski definition) is 7. The first-order chi connectivity index (χ1) is 15.1. The topological polar surface area (TPSA) is 58.2 Å². The molecule has 2 aliphatic rings. The third-order valence-electron chi connectivity index (χ3n) is 6.49. The van der Waals surface area contributed by atoms with Crippen molar-refractivity contribution in [3.05, 3.63) is 53.6 Å². The van der Waals surface area contributed by atoms with E-state index in [0.29, 0.717) is 29.2 Å². The summed E-state index contributed by atoms with van der Waals surface area (Å²) in [5, 5.41) is 0. The number of ether oxygens (including phenoxy) is 3. The summed E-state index contributed by atoms with van der Waals surface area (Å²) in [6.45, 7) is 5.12. The van der Waals surface area contributed by atoms with Gasteiger partial charge in [0.25, 0.3) is 0 Å². The maximum absolute atomic E-state index is 5.58. The van der Waals surface area contributed by atoms with E-state index >= 15 is 0 Å². The monoisotopic (exact) mass is 426 g/mol. The van der Waals surface area contributed by atoms with E-state index in [1.165, 1.54) is 5.56 Å². The van der Waals surface area contributed by atoms with Crippen LogP contribution < -0.4 is 25.1 Å². The Labute approximate surface area is 185 Å². The Morgan fingerprint density at radius 2 is 1.65 bits per heavy atom. The molecule has 2 saturated heterocycles. The van der Waals surface area contributed by atoms with E-state index in [1.54, 1.807) is 21.3 Å². The van der Waals surface area contributed by atoms with Crippen LogP contribution in [0.5, 0.6) is 17.2 Å². The van der Waals surface area contributed by atoms with Gasteiger partial charge in [0, 0.05) is 44.7 Å². The van der Waals surface area contributed by atoms with Gasteiger partial charge in [0.1, 0.15) is 0 Å². The van der Waals surface area contributed by atoms with E-state index < -0.39 is 0 Å². The second-order valence-electron chi connectivity index (χ2n) is 8.41. The molecule has 2 fully saturated rings. The highest BCUT2D eigenvalue weighted by Gasteiger charge is 2.35. The van der Waals surface area contributed by atoms with E-state index in [-0.39, 0.29) is 6.04 Å². The van der Waals surface area contributed by atoms with Gasteiger partial charge >= 0.3 is 0 Å². The van der Waals surface area contributed by atoms with Gasteiger partial charge in [-0.15, -0.1) is 0 Å². The SMILES string of the molecule is COc1cc(C2NNCC2CN2CCN(C)C[C@@H]2c2ccccc2)cc(OC)c1OC. The third kappa shape index (κ3) is 4.65. The molecule has 0 aromatic heterocycles. The highest BCUT2D eigenvalue weighted by molar-refractivity contribution is 5.54. The number of piperazine rings is 1. The third-order valence-corrected chi connectivity index (χ3v) is 6.49. The van der Waals surface area contributed by atoms with Crippen LogP contribution in [0.3, 0.4) is 0 Å². The first-order valence-corrected chi connectivity index (χ1v) is 10.9. The van der Waals surface area contributed by atoms with Crippen LogP contribution in [0.25, 0.3) is 0 Å². The summed E-state index contributed by atoms with van der Waals surface area (Å²) < 4.78 is 16.7. The number of rotatable bonds is 7. The fourth-order valence-electron chi connectivity index (χ4n) is 4.81. The normalized spacial score (nSPS) is 24.8. The van der Waals surface area contributed by atoms with E-state index in [1.807, 2.05) is 0 Å². The molecule has 0 radical (unpaired) electrons. The number of hydrogen-bond donors (Lipinski definition) is 2. The molecule has 7 nitrogen and oxygen atoms in total. The van der Waals surface area contributed by atoms with Crippen LogP contribution in [0, 0.1) is 5.92 Å². The molecule has 2 unspecified atom stereocenters. The molecule has 2 heterocycles. The van der Waals surface area contributed by atoms with Crippen LogP contribution in [-0.4, -0.2) is 70.9 Å². The molecule has 2 aromatic rings. The summed E-state index contributed by atoms with van der Waals surface area (Å²) in [6.07, 6.45) is 0. The zero-order valence-corrected chi connectivity index (χ0v) is 18.9. The minimum absolute atomic E-state index is 0.157. The van der Waals surface area contributed by atoms with Crippen LogP contribution >= 0.6 is 0 Å². The molecule has 0 spiro atoms. The van der Waals surface area contributed by atoms with Gasteiger partial charge in [-0.05, 0) is 30.3 Å². The number of likely N-dealkylation sites (N-methyl/N-ethyl adjacent to an activating group) is 1. The van der Waals surface area contributed by atoms with Crippen LogP contribution in [0.2, 0.25) is 0 Å². The van der Waals surface area contributed by atoms with Crippen LogP contribution in [0.4, 0.5) is 0 Å². The second kappa shape index (κ2) is 9.87. The Morgan fingerprint density at radius 3 is 2.29 bits per heavy atom. The lowest BCUT2D eigenvalue weighted by Gasteiger charge is -2.42. The summed E-state index contributed by atoms with van der Waals surface area (Å²) in [5.41, 5.74) is 9.38. The Hall–Kier alpha value is -2.32. The molecule has 0 bridgehead atoms. The molecular formula is C24H34N4O3. The van der Waals surface area contributed by atoms with Crippen molar-refractivity contribution in [2.75, 3.05) is 61.1 Å². The first kappa shape index (κ1) is 21.9. The van der Waals surface area contributed by atoms with Crippen molar-refractivity contribution in [3.63, 3.8) is 0 Å². The summed E-state index contributed by atoms with van der Waals surface area (Å²) in [7, 11) is 7.17. The smallest absolute Gasteiger partial charge is 0.203 e. The zero-order valence-electron chi connectivity index (χ0n) is 18.9. The first-order valence-electron chi connectivity index (χ1n) is 10.9. The second-order valence-corrected chi connectivity index (χ2v) is 8.41. The van der Waals surface area contributed by atoms with Gasteiger partial charge in [-0.2, -0.15) is 0 Å². The maximum atomic E-state index is 5.58. The van der Waals surface area contributed by atoms with Crippen molar-refractivity contribution in [1.82, 2.24) is 20.7 Å². The van der Waals surface area contributed by atoms with Gasteiger partial charge in [-0.3, -0.25) is 10.3 Å². The van der Waals surface area contributed by atoms with Crippen LogP contribution in [0.1, 0.15) is 23.2 Å². The summed E-state index contributed by atoms with van der Waals surface area (Å²) in [6, 6.07) is 15.5. The van der Waals surface area contributed by atoms with Gasteiger partial charge in [-0.25, -0.2) is 5.43 Å². The molecule has 3 atom stereocenters. The minimum Gasteiger partial charge on any atom is -0.493 e. The molecule has 31 heavy (non-hydrogen) atoms. The van der Waals surface area contributed by atoms with Crippen molar-refractivity contribution in [3.8, 4) is 17.2 Å². The summed E-state index contributed by atoms with van der Waals surface area (Å²) in [4.78, 5) is 5.07. The Balaban J connectivity index is 1.57. The van der Waals surface area contributed by atoms with Gasteiger partial charge in [-0.1, -0.05) is 30.3 Å². The van der Waals surface area contributed by atoms with Gasteiger partial charge in [0.15, 0.2) is 11.5 Å². The molecule has 2 N–H and O–H groups in total. The van der Waals surface area contributed by atoms with Crippen LogP contribution in [-0.2, 0) is 0 Å². The molecule has 0 amide bonds. The fourth-order valence-corrected chi connectivity index (χ4v) is 4.81. The molecule has 168 valence electrons. The highest BCUT2D eigenvalue weighted by atomic mass is 16.5. The molecule has 0 saturated carbocycles. The summed E-state index contributed by atoms with van der Waals surface area (Å²) in [5.74, 6) is 2.41. The van der Waals surface area contributed by atoms with E-state index in [4.69, 9.17) is 14.2 Å². The zero-order chi connectivity index (χ0) is 21.8. The average molecular weight is 427 g/mol. The van der Waals surface area contributed by atoms with E-state index in [2.05, 4.69) is 70.2 Å². The molecule has 2 aromatic carbocycles. The van der Waals surface area contributed by atoms with Crippen molar-refractivity contribution < 1.29 is 14.2 Å². The lowest BCUT2D eigenvalue weighted by molar-refractivity contribution is 0.0744. The van der Waals surface area contributed by atoms with Crippen molar-refractivity contribution in [2.45, 2.75) is 12.1 Å². The predicted molar refractivity (Wildman–Crippen MR) is 122 cm³/mol. The Kier molecular flexibility index (Phi) is 6.97. The van der Waals surface area contributed by atoms with Crippen molar-refractivity contribution in [1.29, 1.82) is 0 Å². The Morgan fingerprint density at radius 1 is 0.935 bits per heavy atom. The van der Waals surface area contributed by atoms with E-state index in [9.17, 15) is 0 Å². The van der Waals surface area contributed by atoms with Crippen molar-refractivity contribution >= 4 is 0 Å². The predicted octanol–water partition coefficient (Wildman–Crippen LogP) is 2.47. The van der Waals surface area contributed by atoms with Gasteiger partial charge in [0.2, 0.25) is 5.75 Å². The van der Waals surface area contributed by atoms with Gasteiger partial charge < -0.3 is 19.1 Å². The van der Waals surface area contributed by atoms with E-state index in [0.717, 1.165) is 38.3 Å². The molecule has 2 aliphatic heterocycles. The largest absolute Gasteiger partial charge is 0.493 e. The molecule has 4 rings (SSSR count). The number of benzene rings is 2. The number of nitrogens with one attached hydrogen (secondary N) is 2. The lowest BCUT2D eigenvalue weighted by Crippen LogP contribution is -2.48. The standard InChI is InChI=1S/C24H34N4O3/c1-27-10-11-28(20(16-27)17-8-6-5-7-9-17)15-19-14-25-26-23(19)18-12-21(29-2)24(31-4)22(13-18)30-3/h5-9,12-13,19-20,23,25-26H,10-11,14-16H2,1-4H3/t19?,20-,23?/m1/s1. The Bertz CT molecular complexity index is 838. The maximum Gasteiger partial charge on any atom is 0.203 e. The average Bonchev–Trinajstić information content (AvgIpc) is 3.27. The quantitative estimate of drug-likeness (QED) is 0.705. The lowest BCUT2D eigenvalue weighted by atomic mass is 9.92. The summed E-state index contributed by atoms with van der Waals surface area (Å²) >= 11 is 0. The number of nitrogens with zero attached hydrogens (tertiary/aromatic N) is 2. The molecular weight excluding hydrogens is 392 g/mol. The molecule has 7 heteroatoms. The van der Waals surface area contributed by atoms with Crippen LogP contribution in [0.15, 0.2) is 42.5 Å². The number of hydrazine groups is 1. The fraction of sp³-hybridized carbons (Fsp3) is 0.500. The van der Waals surface area contributed by atoms with Gasteiger partial charge in [0.05, 0.1) is 27.4 Å². The number of methoxy groups -OCH3 is 3. The minimum atomic E-state index is 0.157. The highest BCUT2D eigenvalue weighted by Crippen LogP contribution is 2.41.